The molecule has 1 aliphatic heterocycles. The first-order chi connectivity index (χ1) is 13.9. The van der Waals surface area contributed by atoms with Crippen molar-refractivity contribution in [3.05, 3.63) is 33.8 Å². The molecule has 0 aromatic heterocycles. The van der Waals surface area contributed by atoms with Crippen LogP contribution in [0.3, 0.4) is 0 Å². The predicted molar refractivity (Wildman–Crippen MR) is 116 cm³/mol. The molecule has 1 fully saturated rings. The number of hydrogen-bond donors (Lipinski definition) is 2. The van der Waals surface area contributed by atoms with Crippen molar-refractivity contribution in [2.75, 3.05) is 19.8 Å². The smallest absolute Gasteiger partial charge is 0.408 e. The topological polar surface area (TPSA) is 85.9 Å². The lowest BCUT2D eigenvalue weighted by atomic mass is 10.0. The number of hydrogen-bond acceptors (Lipinski definition) is 5. The van der Waals surface area contributed by atoms with Gasteiger partial charge in [-0.15, -0.1) is 0 Å². The largest absolute Gasteiger partial charge is 0.444 e. The molecule has 168 valence electrons. The lowest BCUT2D eigenvalue weighted by molar-refractivity contribution is -0.165. The highest BCUT2D eigenvalue weighted by molar-refractivity contribution is 6.35. The highest BCUT2D eigenvalue weighted by Crippen LogP contribution is 2.36. The molecule has 1 atom stereocenters. The lowest BCUT2D eigenvalue weighted by Gasteiger charge is -2.30. The van der Waals surface area contributed by atoms with E-state index in [0.29, 0.717) is 35.2 Å². The van der Waals surface area contributed by atoms with E-state index in [1.807, 2.05) is 13.8 Å². The standard InChI is InChI=1S/C21H30Cl2N2O5/c1-13(2)10-17(25-19(27)30-20(3,4)5)18(26)24-12-21(28-8-9-29-21)15-7-6-14(22)11-16(15)23/h6-7,11,13,17H,8-10,12H2,1-5H3,(H,24,26)(H,25,27). The first-order valence-electron chi connectivity index (χ1n) is 9.92. The van der Waals surface area contributed by atoms with E-state index in [1.165, 1.54) is 0 Å². The van der Waals surface area contributed by atoms with Crippen LogP contribution in [0.25, 0.3) is 0 Å². The van der Waals surface area contributed by atoms with Crippen LogP contribution in [-0.4, -0.2) is 43.4 Å². The molecular formula is C21H30Cl2N2O5. The van der Waals surface area contributed by atoms with Gasteiger partial charge in [0.2, 0.25) is 11.7 Å². The third kappa shape index (κ3) is 7.01. The Bertz CT molecular complexity index is 758. The summed E-state index contributed by atoms with van der Waals surface area (Å²) in [5, 5.41) is 6.35. The van der Waals surface area contributed by atoms with Crippen LogP contribution in [0.2, 0.25) is 10.0 Å². The Morgan fingerprint density at radius 1 is 1.20 bits per heavy atom. The number of carbonyl (C=O) groups excluding carboxylic acids is 2. The second kappa shape index (κ2) is 10.2. The number of benzene rings is 1. The van der Waals surface area contributed by atoms with Crippen molar-refractivity contribution in [2.45, 2.75) is 58.5 Å². The summed E-state index contributed by atoms with van der Waals surface area (Å²) in [6.45, 7) is 9.97. The number of carbonyl (C=O) groups is 2. The van der Waals surface area contributed by atoms with Crippen molar-refractivity contribution >= 4 is 35.2 Å². The molecule has 0 radical (unpaired) electrons. The minimum atomic E-state index is -1.22. The normalized spacial score (nSPS) is 16.9. The fourth-order valence-electron chi connectivity index (χ4n) is 3.09. The van der Waals surface area contributed by atoms with Gasteiger partial charge in [-0.1, -0.05) is 43.1 Å². The zero-order valence-electron chi connectivity index (χ0n) is 18.0. The van der Waals surface area contributed by atoms with Crippen LogP contribution in [0.15, 0.2) is 18.2 Å². The molecule has 1 unspecified atom stereocenters. The molecular weight excluding hydrogens is 431 g/mol. The molecule has 0 bridgehead atoms. The Morgan fingerprint density at radius 3 is 2.37 bits per heavy atom. The molecule has 0 spiro atoms. The molecule has 0 aliphatic carbocycles. The van der Waals surface area contributed by atoms with E-state index in [0.717, 1.165) is 0 Å². The molecule has 2 amide bonds. The zero-order chi connectivity index (χ0) is 22.5. The number of halogens is 2. The maximum atomic E-state index is 12.9. The maximum Gasteiger partial charge on any atom is 0.408 e. The summed E-state index contributed by atoms with van der Waals surface area (Å²) < 4.78 is 16.9. The van der Waals surface area contributed by atoms with Crippen LogP contribution in [0.4, 0.5) is 4.79 Å². The number of rotatable bonds is 7. The van der Waals surface area contributed by atoms with E-state index in [-0.39, 0.29) is 18.4 Å². The average molecular weight is 461 g/mol. The van der Waals surface area contributed by atoms with Gasteiger partial charge in [-0.25, -0.2) is 4.79 Å². The van der Waals surface area contributed by atoms with Crippen molar-refractivity contribution in [2.24, 2.45) is 5.92 Å². The maximum absolute atomic E-state index is 12.9. The Labute approximate surface area is 187 Å². The van der Waals surface area contributed by atoms with Gasteiger partial charge >= 0.3 is 6.09 Å². The van der Waals surface area contributed by atoms with Crippen LogP contribution in [-0.2, 0) is 24.8 Å². The van der Waals surface area contributed by atoms with E-state index in [2.05, 4.69) is 10.6 Å². The number of ether oxygens (including phenoxy) is 3. The van der Waals surface area contributed by atoms with Crippen molar-refractivity contribution in [1.82, 2.24) is 10.6 Å². The average Bonchev–Trinajstić information content (AvgIpc) is 3.06. The van der Waals surface area contributed by atoms with Crippen LogP contribution >= 0.6 is 23.2 Å². The third-order valence-corrected chi connectivity index (χ3v) is 4.85. The minimum Gasteiger partial charge on any atom is -0.444 e. The monoisotopic (exact) mass is 460 g/mol. The molecule has 0 saturated carbocycles. The fourth-order valence-corrected chi connectivity index (χ4v) is 3.64. The van der Waals surface area contributed by atoms with Gasteiger partial charge < -0.3 is 24.8 Å². The predicted octanol–water partition coefficient (Wildman–Crippen LogP) is 4.25. The van der Waals surface area contributed by atoms with Gasteiger partial charge in [0.15, 0.2) is 0 Å². The molecule has 7 nitrogen and oxygen atoms in total. The molecule has 30 heavy (non-hydrogen) atoms. The van der Waals surface area contributed by atoms with Crippen molar-refractivity contribution in [3.63, 3.8) is 0 Å². The summed E-state index contributed by atoms with van der Waals surface area (Å²) in [7, 11) is 0. The molecule has 1 aliphatic rings. The van der Waals surface area contributed by atoms with Gasteiger partial charge in [-0.2, -0.15) is 0 Å². The van der Waals surface area contributed by atoms with Gasteiger partial charge in [-0.3, -0.25) is 4.79 Å². The SMILES string of the molecule is CC(C)CC(NC(=O)OC(C)(C)C)C(=O)NCC1(c2ccc(Cl)cc2Cl)OCCO1. The summed E-state index contributed by atoms with van der Waals surface area (Å²) in [4.78, 5) is 25.1. The van der Waals surface area contributed by atoms with E-state index < -0.39 is 23.5 Å². The zero-order valence-corrected chi connectivity index (χ0v) is 19.5. The van der Waals surface area contributed by atoms with Crippen LogP contribution in [0, 0.1) is 5.92 Å². The lowest BCUT2D eigenvalue weighted by Crippen LogP contribution is -2.51. The van der Waals surface area contributed by atoms with Crippen LogP contribution < -0.4 is 10.6 Å². The molecule has 1 heterocycles. The van der Waals surface area contributed by atoms with E-state index >= 15 is 0 Å². The second-order valence-corrected chi connectivity index (χ2v) is 9.46. The van der Waals surface area contributed by atoms with Crippen molar-refractivity contribution in [3.8, 4) is 0 Å². The first kappa shape index (κ1) is 24.7. The second-order valence-electron chi connectivity index (χ2n) is 8.62. The Kier molecular flexibility index (Phi) is 8.39. The summed E-state index contributed by atoms with van der Waals surface area (Å²) in [5.74, 6) is -1.40. The number of alkyl carbamates (subject to hydrolysis) is 1. The van der Waals surface area contributed by atoms with Gasteiger partial charge in [-0.05, 0) is 45.2 Å². The molecule has 2 N–H and O–H groups in total. The van der Waals surface area contributed by atoms with E-state index in [9.17, 15) is 9.59 Å². The Balaban J connectivity index is 2.12. The summed E-state index contributed by atoms with van der Waals surface area (Å²) in [5.41, 5.74) is -0.0870. The number of amides is 2. The highest BCUT2D eigenvalue weighted by atomic mass is 35.5. The minimum absolute atomic E-state index is 0.0256. The van der Waals surface area contributed by atoms with Gasteiger partial charge in [0.25, 0.3) is 0 Å². The third-order valence-electron chi connectivity index (χ3n) is 4.31. The Morgan fingerprint density at radius 2 is 1.83 bits per heavy atom. The van der Waals surface area contributed by atoms with Gasteiger partial charge in [0.05, 0.1) is 24.8 Å². The molecule has 1 aromatic rings. The van der Waals surface area contributed by atoms with Crippen LogP contribution in [0.1, 0.15) is 46.6 Å². The number of nitrogens with one attached hydrogen (secondary N) is 2. The Hall–Kier alpha value is -1.54. The van der Waals surface area contributed by atoms with E-state index in [4.69, 9.17) is 37.4 Å². The van der Waals surface area contributed by atoms with Crippen molar-refractivity contribution in [1.29, 1.82) is 0 Å². The summed E-state index contributed by atoms with van der Waals surface area (Å²) >= 11 is 12.3. The molecule has 1 saturated heterocycles. The quantitative estimate of drug-likeness (QED) is 0.634. The van der Waals surface area contributed by atoms with E-state index in [1.54, 1.807) is 39.0 Å². The first-order valence-corrected chi connectivity index (χ1v) is 10.7. The summed E-state index contributed by atoms with van der Waals surface area (Å²) in [6.07, 6.45) is -0.200. The summed E-state index contributed by atoms with van der Waals surface area (Å²) in [6, 6.07) is 4.23. The van der Waals surface area contributed by atoms with Crippen LogP contribution in [0.5, 0.6) is 0 Å². The highest BCUT2D eigenvalue weighted by Gasteiger charge is 2.41. The fraction of sp³-hybridized carbons (Fsp3) is 0.619. The van der Waals surface area contributed by atoms with Crippen molar-refractivity contribution < 1.29 is 23.8 Å². The molecule has 2 rings (SSSR count). The molecule has 1 aromatic carbocycles. The van der Waals surface area contributed by atoms with Gasteiger partial charge in [0.1, 0.15) is 11.6 Å². The van der Waals surface area contributed by atoms with Gasteiger partial charge in [0, 0.05) is 10.6 Å². The molecule has 9 heteroatoms.